The van der Waals surface area contributed by atoms with E-state index in [4.69, 9.17) is 5.11 Å². The van der Waals surface area contributed by atoms with E-state index in [1.54, 1.807) is 6.07 Å². The Morgan fingerprint density at radius 1 is 1.69 bits per heavy atom. The monoisotopic (exact) mass is 292 g/mol. The Balaban J connectivity index is 2.92. The molecule has 0 spiro atoms. The molecule has 0 bridgehead atoms. The molecule has 70 valence electrons. The average molecular weight is 292 g/mol. The Kier molecular flexibility index (Phi) is 3.47. The summed E-state index contributed by atoms with van der Waals surface area (Å²) in [6, 6.07) is 3.49. The minimum absolute atomic E-state index is 0.379. The molecular formula is C8H9IN2O2. The number of hydrogen-bond donors (Lipinski definition) is 2. The Hall–Kier alpha value is -0.850. The zero-order chi connectivity index (χ0) is 9.84. The number of amides is 1. The molecule has 0 atom stereocenters. The van der Waals surface area contributed by atoms with Crippen LogP contribution in [0.15, 0.2) is 12.1 Å². The highest BCUT2D eigenvalue weighted by atomic mass is 127. The molecule has 13 heavy (non-hydrogen) atoms. The molecule has 0 aliphatic rings. The molecule has 0 aliphatic carbocycles. The molecule has 5 heteroatoms. The van der Waals surface area contributed by atoms with Gasteiger partial charge in [0, 0.05) is 3.57 Å². The summed E-state index contributed by atoms with van der Waals surface area (Å²) < 4.78 is 1.05. The molecule has 4 nitrogen and oxygen atoms in total. The second-order valence-electron chi connectivity index (χ2n) is 2.41. The summed E-state index contributed by atoms with van der Waals surface area (Å²) in [5.74, 6) is 0.379. The number of nitrogens with zero attached hydrogens (tertiary/aromatic N) is 1. The molecule has 0 fully saturated rings. The number of anilines is 1. The van der Waals surface area contributed by atoms with Crippen molar-refractivity contribution in [1.29, 1.82) is 0 Å². The van der Waals surface area contributed by atoms with Crippen molar-refractivity contribution < 1.29 is 9.90 Å². The van der Waals surface area contributed by atoms with Crippen LogP contribution >= 0.6 is 22.6 Å². The maximum absolute atomic E-state index is 10.3. The van der Waals surface area contributed by atoms with Crippen LogP contribution < -0.4 is 5.32 Å². The van der Waals surface area contributed by atoms with Gasteiger partial charge < -0.3 is 5.11 Å². The number of rotatable bonds is 2. The molecule has 0 saturated carbocycles. The smallest absolute Gasteiger partial charge is 0.410 e. The third-order valence-electron chi connectivity index (χ3n) is 1.49. The summed E-state index contributed by atoms with van der Waals surface area (Å²) in [5, 5.41) is 10.7. The second-order valence-corrected chi connectivity index (χ2v) is 3.57. The van der Waals surface area contributed by atoms with Crippen LogP contribution in [-0.2, 0) is 6.42 Å². The molecule has 0 radical (unpaired) electrons. The topological polar surface area (TPSA) is 62.2 Å². The minimum atomic E-state index is -1.09. The number of aryl methyl sites for hydroxylation is 1. The highest BCUT2D eigenvalue weighted by Gasteiger charge is 2.03. The zero-order valence-electron chi connectivity index (χ0n) is 7.04. The molecule has 1 aromatic heterocycles. The SMILES string of the molecule is CCc1nc(NC(=O)O)ccc1I. The van der Waals surface area contributed by atoms with Crippen LogP contribution in [0.2, 0.25) is 0 Å². The summed E-state index contributed by atoms with van der Waals surface area (Å²) >= 11 is 2.17. The van der Waals surface area contributed by atoms with Crippen LogP contribution in [0.1, 0.15) is 12.6 Å². The fourth-order valence-electron chi connectivity index (χ4n) is 0.911. The van der Waals surface area contributed by atoms with Crippen molar-refractivity contribution >= 4 is 34.5 Å². The van der Waals surface area contributed by atoms with E-state index < -0.39 is 6.09 Å². The highest BCUT2D eigenvalue weighted by molar-refractivity contribution is 14.1. The Bertz CT molecular complexity index is 328. The predicted octanol–water partition coefficient (Wildman–Crippen LogP) is 2.34. The highest BCUT2D eigenvalue weighted by Crippen LogP contribution is 2.13. The van der Waals surface area contributed by atoms with Crippen molar-refractivity contribution in [3.63, 3.8) is 0 Å². The fourth-order valence-corrected chi connectivity index (χ4v) is 1.59. The van der Waals surface area contributed by atoms with E-state index in [2.05, 4.69) is 32.9 Å². The standard InChI is InChI=1S/C8H9IN2O2/c1-2-6-5(9)3-4-7(10-6)11-8(12)13/h3-4H,2H2,1H3,(H,10,11)(H,12,13). The summed E-state index contributed by atoms with van der Waals surface area (Å²) in [5.41, 5.74) is 0.909. The van der Waals surface area contributed by atoms with E-state index in [1.165, 1.54) is 0 Å². The first-order valence-electron chi connectivity index (χ1n) is 3.79. The minimum Gasteiger partial charge on any atom is -0.465 e. The van der Waals surface area contributed by atoms with Gasteiger partial charge in [-0.2, -0.15) is 0 Å². The third kappa shape index (κ3) is 2.83. The lowest BCUT2D eigenvalue weighted by molar-refractivity contribution is 0.209. The second kappa shape index (κ2) is 4.40. The number of pyridine rings is 1. The van der Waals surface area contributed by atoms with Crippen LogP contribution in [0.25, 0.3) is 0 Å². The lowest BCUT2D eigenvalue weighted by Crippen LogP contribution is -2.09. The van der Waals surface area contributed by atoms with Gasteiger partial charge in [0.15, 0.2) is 0 Å². The van der Waals surface area contributed by atoms with Gasteiger partial charge in [-0.3, -0.25) is 5.32 Å². The molecule has 0 aromatic carbocycles. The third-order valence-corrected chi connectivity index (χ3v) is 2.47. The zero-order valence-corrected chi connectivity index (χ0v) is 9.20. The van der Waals surface area contributed by atoms with Crippen LogP contribution in [0.4, 0.5) is 10.6 Å². The Morgan fingerprint density at radius 3 is 2.92 bits per heavy atom. The molecular weight excluding hydrogens is 283 g/mol. The normalized spacial score (nSPS) is 9.69. The van der Waals surface area contributed by atoms with Gasteiger partial charge in [0.25, 0.3) is 0 Å². The number of halogens is 1. The average Bonchev–Trinajstić information content (AvgIpc) is 2.07. The van der Waals surface area contributed by atoms with Gasteiger partial charge in [-0.25, -0.2) is 9.78 Å². The van der Waals surface area contributed by atoms with Crippen LogP contribution in [0.5, 0.6) is 0 Å². The largest absolute Gasteiger partial charge is 0.465 e. The summed E-state index contributed by atoms with van der Waals surface area (Å²) in [6.07, 6.45) is -0.288. The number of carbonyl (C=O) groups is 1. The molecule has 2 N–H and O–H groups in total. The molecule has 0 aliphatic heterocycles. The number of carboxylic acid groups (broad SMARTS) is 1. The van der Waals surface area contributed by atoms with E-state index >= 15 is 0 Å². The van der Waals surface area contributed by atoms with Gasteiger partial charge in [0.1, 0.15) is 5.82 Å². The maximum Gasteiger partial charge on any atom is 0.410 e. The molecule has 1 heterocycles. The number of nitrogens with one attached hydrogen (secondary N) is 1. The van der Waals surface area contributed by atoms with Gasteiger partial charge in [-0.05, 0) is 41.1 Å². The lowest BCUT2D eigenvalue weighted by Gasteiger charge is -2.03. The first-order chi connectivity index (χ1) is 6.13. The molecule has 0 saturated heterocycles. The van der Waals surface area contributed by atoms with Gasteiger partial charge in [-0.15, -0.1) is 0 Å². The van der Waals surface area contributed by atoms with Crippen LogP contribution in [0.3, 0.4) is 0 Å². The first kappa shape index (κ1) is 10.2. The Morgan fingerprint density at radius 2 is 2.38 bits per heavy atom. The molecule has 1 rings (SSSR count). The van der Waals surface area contributed by atoms with Gasteiger partial charge >= 0.3 is 6.09 Å². The van der Waals surface area contributed by atoms with Crippen molar-refractivity contribution in [3.8, 4) is 0 Å². The quantitative estimate of drug-likeness (QED) is 0.822. The van der Waals surface area contributed by atoms with Crippen molar-refractivity contribution in [2.45, 2.75) is 13.3 Å². The molecule has 1 amide bonds. The van der Waals surface area contributed by atoms with Gasteiger partial charge in [-0.1, -0.05) is 6.92 Å². The lowest BCUT2D eigenvalue weighted by atomic mass is 10.3. The van der Waals surface area contributed by atoms with Crippen molar-refractivity contribution in [2.24, 2.45) is 0 Å². The van der Waals surface area contributed by atoms with E-state index in [9.17, 15) is 4.79 Å². The number of hydrogen-bond acceptors (Lipinski definition) is 2. The van der Waals surface area contributed by atoms with E-state index in [0.717, 1.165) is 15.7 Å². The van der Waals surface area contributed by atoms with Crippen molar-refractivity contribution in [1.82, 2.24) is 4.98 Å². The van der Waals surface area contributed by atoms with Gasteiger partial charge in [0.2, 0.25) is 0 Å². The summed E-state index contributed by atoms with van der Waals surface area (Å²) in [6.45, 7) is 1.98. The first-order valence-corrected chi connectivity index (χ1v) is 4.86. The Labute approximate surface area is 89.5 Å². The van der Waals surface area contributed by atoms with Gasteiger partial charge in [0.05, 0.1) is 5.69 Å². The van der Waals surface area contributed by atoms with Crippen molar-refractivity contribution in [2.75, 3.05) is 5.32 Å². The van der Waals surface area contributed by atoms with Crippen LogP contribution in [0, 0.1) is 3.57 Å². The maximum atomic E-state index is 10.3. The molecule has 0 unspecified atom stereocenters. The predicted molar refractivity (Wildman–Crippen MR) is 58.0 cm³/mol. The van der Waals surface area contributed by atoms with E-state index in [1.807, 2.05) is 13.0 Å². The van der Waals surface area contributed by atoms with E-state index in [-0.39, 0.29) is 0 Å². The summed E-state index contributed by atoms with van der Waals surface area (Å²) in [4.78, 5) is 14.4. The number of aromatic nitrogens is 1. The van der Waals surface area contributed by atoms with E-state index in [0.29, 0.717) is 5.82 Å². The molecule has 1 aromatic rings. The summed E-state index contributed by atoms with van der Waals surface area (Å²) in [7, 11) is 0. The fraction of sp³-hybridized carbons (Fsp3) is 0.250. The van der Waals surface area contributed by atoms with Crippen molar-refractivity contribution in [3.05, 3.63) is 21.4 Å². The van der Waals surface area contributed by atoms with Crippen LogP contribution in [-0.4, -0.2) is 16.2 Å².